The van der Waals surface area contributed by atoms with Gasteiger partial charge in [0, 0.05) is 31.7 Å². The average molecular weight is 275 g/mol. The van der Waals surface area contributed by atoms with Gasteiger partial charge in [-0.25, -0.2) is 0 Å². The molecule has 0 saturated carbocycles. The summed E-state index contributed by atoms with van der Waals surface area (Å²) in [6, 6.07) is 9.69. The average Bonchev–Trinajstić information content (AvgIpc) is 2.62. The van der Waals surface area contributed by atoms with Gasteiger partial charge in [0.05, 0.1) is 0 Å². The van der Waals surface area contributed by atoms with Crippen LogP contribution in [-0.2, 0) is 6.42 Å². The highest BCUT2D eigenvalue weighted by Crippen LogP contribution is 2.27. The van der Waals surface area contributed by atoms with Crippen LogP contribution in [0.25, 0.3) is 0 Å². The highest BCUT2D eigenvalue weighted by atomic mass is 15.3. The van der Waals surface area contributed by atoms with Crippen LogP contribution in [-0.4, -0.2) is 49.1 Å². The lowest BCUT2D eigenvalue weighted by Gasteiger charge is -2.36. The molecule has 2 rings (SSSR count). The maximum atomic E-state index is 6.15. The normalized spacial score (nSPS) is 23.5. The topological polar surface area (TPSA) is 32.5 Å². The van der Waals surface area contributed by atoms with Crippen LogP contribution in [0.1, 0.15) is 37.4 Å². The van der Waals surface area contributed by atoms with Crippen molar-refractivity contribution in [3.63, 3.8) is 0 Å². The lowest BCUT2D eigenvalue weighted by Crippen LogP contribution is -2.43. The molecule has 0 radical (unpaired) electrons. The van der Waals surface area contributed by atoms with Crippen molar-refractivity contribution < 1.29 is 0 Å². The molecule has 20 heavy (non-hydrogen) atoms. The van der Waals surface area contributed by atoms with Gasteiger partial charge in [0.25, 0.3) is 0 Å². The van der Waals surface area contributed by atoms with E-state index < -0.39 is 0 Å². The fraction of sp³-hybridized carbons (Fsp3) is 0.647. The summed E-state index contributed by atoms with van der Waals surface area (Å²) in [6.45, 7) is 8.72. The molecule has 2 N–H and O–H groups in total. The van der Waals surface area contributed by atoms with Crippen molar-refractivity contribution in [1.82, 2.24) is 9.80 Å². The number of aryl methyl sites for hydroxylation is 1. The van der Waals surface area contributed by atoms with Gasteiger partial charge in [-0.1, -0.05) is 31.2 Å². The Labute approximate surface area is 123 Å². The molecular formula is C17H29N3. The molecule has 3 nitrogen and oxygen atoms in total. The standard InChI is InChI=1S/C17H29N3/c1-4-15-8-5-6-9-16(15)17(12-18)20-11-7-10-19(3)13-14(20)2/h5-6,8-9,14,17H,4,7,10-13,18H2,1-3H3. The highest BCUT2D eigenvalue weighted by molar-refractivity contribution is 5.30. The van der Waals surface area contributed by atoms with Crippen molar-refractivity contribution >= 4 is 0 Å². The molecular weight excluding hydrogens is 246 g/mol. The molecule has 1 aliphatic rings. The second-order valence-electron chi connectivity index (χ2n) is 6.01. The van der Waals surface area contributed by atoms with Crippen molar-refractivity contribution in [2.45, 2.75) is 38.8 Å². The Morgan fingerprint density at radius 1 is 1.30 bits per heavy atom. The van der Waals surface area contributed by atoms with E-state index in [1.54, 1.807) is 0 Å². The Bertz CT molecular complexity index is 418. The molecule has 0 aromatic heterocycles. The monoisotopic (exact) mass is 275 g/mol. The molecule has 1 aromatic carbocycles. The van der Waals surface area contributed by atoms with Crippen LogP contribution in [0.15, 0.2) is 24.3 Å². The molecule has 0 bridgehead atoms. The fourth-order valence-corrected chi connectivity index (χ4v) is 3.48. The van der Waals surface area contributed by atoms with E-state index in [9.17, 15) is 0 Å². The van der Waals surface area contributed by atoms with Crippen molar-refractivity contribution in [1.29, 1.82) is 0 Å². The minimum Gasteiger partial charge on any atom is -0.329 e. The third-order valence-corrected chi connectivity index (χ3v) is 4.52. The molecule has 2 atom stereocenters. The summed E-state index contributed by atoms with van der Waals surface area (Å²) < 4.78 is 0. The quantitative estimate of drug-likeness (QED) is 0.915. The van der Waals surface area contributed by atoms with Crippen molar-refractivity contribution in [3.8, 4) is 0 Å². The van der Waals surface area contributed by atoms with Gasteiger partial charge in [0.1, 0.15) is 0 Å². The largest absolute Gasteiger partial charge is 0.329 e. The van der Waals surface area contributed by atoms with Gasteiger partial charge in [-0.2, -0.15) is 0 Å². The second-order valence-corrected chi connectivity index (χ2v) is 6.01. The van der Waals surface area contributed by atoms with Gasteiger partial charge in [-0.3, -0.25) is 4.90 Å². The van der Waals surface area contributed by atoms with Gasteiger partial charge < -0.3 is 10.6 Å². The maximum absolute atomic E-state index is 6.15. The molecule has 0 aliphatic carbocycles. The number of nitrogens with two attached hydrogens (primary N) is 1. The predicted molar refractivity (Wildman–Crippen MR) is 85.9 cm³/mol. The molecule has 2 unspecified atom stereocenters. The summed E-state index contributed by atoms with van der Waals surface area (Å²) in [4.78, 5) is 5.04. The van der Waals surface area contributed by atoms with Crippen molar-refractivity contribution in [2.24, 2.45) is 5.73 Å². The second kappa shape index (κ2) is 7.21. The Hall–Kier alpha value is -0.900. The summed E-state index contributed by atoms with van der Waals surface area (Å²) in [7, 11) is 2.22. The summed E-state index contributed by atoms with van der Waals surface area (Å²) in [6.07, 6.45) is 2.31. The highest BCUT2D eigenvalue weighted by Gasteiger charge is 2.27. The van der Waals surface area contributed by atoms with E-state index >= 15 is 0 Å². The molecule has 0 amide bonds. The smallest absolute Gasteiger partial charge is 0.0476 e. The van der Waals surface area contributed by atoms with Crippen molar-refractivity contribution in [2.75, 3.05) is 33.2 Å². The van der Waals surface area contributed by atoms with Gasteiger partial charge in [-0.15, -0.1) is 0 Å². The lowest BCUT2D eigenvalue weighted by molar-refractivity contribution is 0.145. The predicted octanol–water partition coefficient (Wildman–Crippen LogP) is 2.27. The Kier molecular flexibility index (Phi) is 5.58. The van der Waals surface area contributed by atoms with Gasteiger partial charge >= 0.3 is 0 Å². The summed E-state index contributed by atoms with van der Waals surface area (Å²) in [5.74, 6) is 0. The van der Waals surface area contributed by atoms with E-state index in [0.29, 0.717) is 18.6 Å². The van der Waals surface area contributed by atoms with Gasteiger partial charge in [0.15, 0.2) is 0 Å². The third-order valence-electron chi connectivity index (χ3n) is 4.52. The van der Waals surface area contributed by atoms with E-state index in [-0.39, 0.29) is 0 Å². The molecule has 3 heteroatoms. The zero-order chi connectivity index (χ0) is 14.5. The van der Waals surface area contributed by atoms with Crippen LogP contribution in [0.2, 0.25) is 0 Å². The number of likely N-dealkylation sites (N-methyl/N-ethyl adjacent to an activating group) is 1. The van der Waals surface area contributed by atoms with Gasteiger partial charge in [-0.05, 0) is 44.5 Å². The van der Waals surface area contributed by atoms with Gasteiger partial charge in [0.2, 0.25) is 0 Å². The molecule has 1 saturated heterocycles. The Balaban J connectivity index is 2.26. The summed E-state index contributed by atoms with van der Waals surface area (Å²) >= 11 is 0. The number of hydrogen-bond acceptors (Lipinski definition) is 3. The van der Waals surface area contributed by atoms with Crippen LogP contribution in [0.4, 0.5) is 0 Å². The zero-order valence-corrected chi connectivity index (χ0v) is 13.2. The first-order chi connectivity index (χ1) is 9.67. The van der Waals surface area contributed by atoms with Crippen LogP contribution < -0.4 is 5.73 Å². The van der Waals surface area contributed by atoms with E-state index in [4.69, 9.17) is 5.73 Å². The SMILES string of the molecule is CCc1ccccc1C(CN)N1CCCN(C)CC1C. The number of nitrogens with zero attached hydrogens (tertiary/aromatic N) is 2. The Morgan fingerprint density at radius 2 is 2.05 bits per heavy atom. The first kappa shape index (κ1) is 15.5. The number of hydrogen-bond donors (Lipinski definition) is 1. The molecule has 112 valence electrons. The molecule has 1 fully saturated rings. The third kappa shape index (κ3) is 3.40. The first-order valence-electron chi connectivity index (χ1n) is 7.89. The van der Waals surface area contributed by atoms with Crippen LogP contribution in [0, 0.1) is 0 Å². The van der Waals surface area contributed by atoms with E-state index in [1.165, 1.54) is 24.1 Å². The minimum atomic E-state index is 0.354. The molecule has 1 aliphatic heterocycles. The Morgan fingerprint density at radius 3 is 2.75 bits per heavy atom. The minimum absolute atomic E-state index is 0.354. The van der Waals surface area contributed by atoms with E-state index in [2.05, 4.69) is 55.0 Å². The zero-order valence-electron chi connectivity index (χ0n) is 13.2. The van der Waals surface area contributed by atoms with E-state index in [1.807, 2.05) is 0 Å². The lowest BCUT2D eigenvalue weighted by atomic mass is 9.96. The van der Waals surface area contributed by atoms with Crippen LogP contribution >= 0.6 is 0 Å². The van der Waals surface area contributed by atoms with Crippen LogP contribution in [0.3, 0.4) is 0 Å². The molecule has 1 heterocycles. The summed E-state index contributed by atoms with van der Waals surface area (Å²) in [5.41, 5.74) is 9.01. The number of benzene rings is 1. The van der Waals surface area contributed by atoms with Crippen LogP contribution in [0.5, 0.6) is 0 Å². The number of rotatable bonds is 4. The van der Waals surface area contributed by atoms with Crippen molar-refractivity contribution in [3.05, 3.63) is 35.4 Å². The fourth-order valence-electron chi connectivity index (χ4n) is 3.48. The maximum Gasteiger partial charge on any atom is 0.0476 e. The summed E-state index contributed by atoms with van der Waals surface area (Å²) in [5, 5.41) is 0. The molecule has 1 aromatic rings. The molecule has 0 spiro atoms. The van der Waals surface area contributed by atoms with E-state index in [0.717, 1.165) is 19.5 Å². The first-order valence-corrected chi connectivity index (χ1v) is 7.89.